The van der Waals surface area contributed by atoms with Crippen LogP contribution in [0, 0.1) is 12.8 Å². The number of piperidine rings is 1. The van der Waals surface area contributed by atoms with Gasteiger partial charge in [-0.05, 0) is 25.3 Å². The quantitative estimate of drug-likeness (QED) is 0.911. The Bertz CT molecular complexity index is 588. The minimum absolute atomic E-state index is 0.00517. The third-order valence-corrected chi connectivity index (χ3v) is 5.78. The Morgan fingerprint density at radius 1 is 1.24 bits per heavy atom. The van der Waals surface area contributed by atoms with Gasteiger partial charge in [-0.25, -0.2) is 12.7 Å². The molecule has 1 aliphatic rings. The molecule has 0 atom stereocenters. The van der Waals surface area contributed by atoms with Crippen molar-refractivity contribution in [2.24, 2.45) is 5.92 Å². The van der Waals surface area contributed by atoms with Crippen molar-refractivity contribution >= 4 is 15.9 Å². The molecule has 0 unspecified atom stereocenters. The van der Waals surface area contributed by atoms with Gasteiger partial charge in [0.05, 0.1) is 5.75 Å². The Morgan fingerprint density at radius 3 is 2.33 bits per heavy atom. The number of carbonyl (C=O) groups excluding carboxylic acids is 1. The lowest BCUT2D eigenvalue weighted by Crippen LogP contribution is -2.42. The lowest BCUT2D eigenvalue weighted by atomic mass is 9.97. The van der Waals surface area contributed by atoms with Crippen LogP contribution < -0.4 is 5.32 Å². The Kier molecular flexibility index (Phi) is 5.00. The van der Waals surface area contributed by atoms with Gasteiger partial charge < -0.3 is 5.32 Å². The molecule has 1 fully saturated rings. The average molecular weight is 310 g/mol. The summed E-state index contributed by atoms with van der Waals surface area (Å²) in [6, 6.07) is 7.54. The number of amides is 1. The third-order valence-electron chi connectivity index (χ3n) is 3.93. The summed E-state index contributed by atoms with van der Waals surface area (Å²) in [7, 11) is -1.69. The van der Waals surface area contributed by atoms with Crippen LogP contribution in [0.2, 0.25) is 0 Å². The summed E-state index contributed by atoms with van der Waals surface area (Å²) >= 11 is 0. The molecule has 1 aromatic carbocycles. The van der Waals surface area contributed by atoms with Crippen LogP contribution in [0.4, 0.5) is 0 Å². The summed E-state index contributed by atoms with van der Waals surface area (Å²) < 4.78 is 26.3. The number of rotatable bonds is 4. The van der Waals surface area contributed by atoms with Crippen LogP contribution in [0.15, 0.2) is 24.3 Å². The summed E-state index contributed by atoms with van der Waals surface area (Å²) in [6.45, 7) is 2.82. The van der Waals surface area contributed by atoms with Crippen LogP contribution in [0.1, 0.15) is 24.0 Å². The molecule has 2 rings (SSSR count). The fourth-order valence-corrected chi connectivity index (χ4v) is 4.15. The molecule has 1 saturated heterocycles. The van der Waals surface area contributed by atoms with Gasteiger partial charge in [0.25, 0.3) is 0 Å². The fourth-order valence-electron chi connectivity index (χ4n) is 2.59. The number of hydrogen-bond donors (Lipinski definition) is 1. The van der Waals surface area contributed by atoms with E-state index in [-0.39, 0.29) is 17.6 Å². The normalized spacial score (nSPS) is 17.6. The van der Waals surface area contributed by atoms with Crippen molar-refractivity contribution in [2.75, 3.05) is 20.1 Å². The summed E-state index contributed by atoms with van der Waals surface area (Å²) in [5, 5.41) is 2.63. The standard InChI is InChI=1S/C15H22N2O3S/c1-12-3-5-13(6-4-12)11-21(19,20)17-9-7-14(8-10-17)15(18)16-2/h3-6,14H,7-11H2,1-2H3,(H,16,18). The minimum Gasteiger partial charge on any atom is -0.359 e. The third kappa shape index (κ3) is 4.04. The predicted octanol–water partition coefficient (Wildman–Crippen LogP) is 1.28. The molecule has 0 saturated carbocycles. The van der Waals surface area contributed by atoms with Gasteiger partial charge >= 0.3 is 0 Å². The van der Waals surface area contributed by atoms with Gasteiger partial charge in [0.2, 0.25) is 15.9 Å². The number of nitrogens with one attached hydrogen (secondary N) is 1. The van der Waals surface area contributed by atoms with E-state index in [2.05, 4.69) is 5.32 Å². The molecule has 0 aromatic heterocycles. The molecule has 6 heteroatoms. The molecule has 1 heterocycles. The summed E-state index contributed by atoms with van der Waals surface area (Å²) in [6.07, 6.45) is 1.18. The van der Waals surface area contributed by atoms with Crippen LogP contribution in [0.25, 0.3) is 0 Å². The second-order valence-electron chi connectivity index (χ2n) is 5.53. The second kappa shape index (κ2) is 6.58. The van der Waals surface area contributed by atoms with E-state index in [0.29, 0.717) is 25.9 Å². The van der Waals surface area contributed by atoms with E-state index in [9.17, 15) is 13.2 Å². The monoisotopic (exact) mass is 310 g/mol. The van der Waals surface area contributed by atoms with E-state index < -0.39 is 10.0 Å². The molecule has 1 amide bonds. The Hall–Kier alpha value is -1.40. The van der Waals surface area contributed by atoms with E-state index in [1.807, 2.05) is 31.2 Å². The minimum atomic E-state index is -3.30. The van der Waals surface area contributed by atoms with Crippen molar-refractivity contribution in [1.82, 2.24) is 9.62 Å². The molecular formula is C15H22N2O3S. The first kappa shape index (κ1) is 16.0. The van der Waals surface area contributed by atoms with Gasteiger partial charge in [-0.1, -0.05) is 29.8 Å². The summed E-state index contributed by atoms with van der Waals surface area (Å²) in [4.78, 5) is 11.6. The zero-order valence-electron chi connectivity index (χ0n) is 12.5. The predicted molar refractivity (Wildman–Crippen MR) is 82.2 cm³/mol. The van der Waals surface area contributed by atoms with Crippen molar-refractivity contribution in [1.29, 1.82) is 0 Å². The molecule has 5 nitrogen and oxygen atoms in total. The highest BCUT2D eigenvalue weighted by Crippen LogP contribution is 2.21. The molecule has 0 spiro atoms. The highest BCUT2D eigenvalue weighted by atomic mass is 32.2. The largest absolute Gasteiger partial charge is 0.359 e. The first-order chi connectivity index (χ1) is 9.92. The lowest BCUT2D eigenvalue weighted by Gasteiger charge is -2.30. The van der Waals surface area contributed by atoms with E-state index in [1.165, 1.54) is 4.31 Å². The molecule has 21 heavy (non-hydrogen) atoms. The number of nitrogens with zero attached hydrogens (tertiary/aromatic N) is 1. The highest BCUT2D eigenvalue weighted by Gasteiger charge is 2.30. The number of benzene rings is 1. The second-order valence-corrected chi connectivity index (χ2v) is 7.50. The lowest BCUT2D eigenvalue weighted by molar-refractivity contribution is -0.125. The molecular weight excluding hydrogens is 288 g/mol. The van der Waals surface area contributed by atoms with Crippen molar-refractivity contribution in [3.05, 3.63) is 35.4 Å². The van der Waals surface area contributed by atoms with E-state index in [1.54, 1.807) is 7.05 Å². The van der Waals surface area contributed by atoms with Gasteiger partial charge in [0.1, 0.15) is 0 Å². The molecule has 0 radical (unpaired) electrons. The summed E-state index contributed by atoms with van der Waals surface area (Å²) in [5.74, 6) is -0.0378. The first-order valence-electron chi connectivity index (χ1n) is 7.17. The fraction of sp³-hybridized carbons (Fsp3) is 0.533. The van der Waals surface area contributed by atoms with Crippen molar-refractivity contribution in [3.63, 3.8) is 0 Å². The summed E-state index contributed by atoms with van der Waals surface area (Å²) in [5.41, 5.74) is 1.91. The first-order valence-corrected chi connectivity index (χ1v) is 8.78. The van der Waals surface area contributed by atoms with Gasteiger partial charge in [-0.2, -0.15) is 0 Å². The van der Waals surface area contributed by atoms with Gasteiger partial charge in [0.15, 0.2) is 0 Å². The van der Waals surface area contributed by atoms with Crippen LogP contribution in [-0.2, 0) is 20.6 Å². The molecule has 0 bridgehead atoms. The smallest absolute Gasteiger partial charge is 0.222 e. The Labute approximate surface area is 126 Å². The van der Waals surface area contributed by atoms with Gasteiger partial charge in [-0.15, -0.1) is 0 Å². The van der Waals surface area contributed by atoms with Gasteiger partial charge in [-0.3, -0.25) is 4.79 Å². The van der Waals surface area contributed by atoms with Gasteiger partial charge in [0, 0.05) is 26.1 Å². The molecule has 1 aliphatic heterocycles. The number of carbonyl (C=O) groups is 1. The number of aryl methyl sites for hydroxylation is 1. The van der Waals surface area contributed by atoms with E-state index in [4.69, 9.17) is 0 Å². The average Bonchev–Trinajstić information content (AvgIpc) is 2.49. The van der Waals surface area contributed by atoms with Crippen molar-refractivity contribution < 1.29 is 13.2 Å². The van der Waals surface area contributed by atoms with Crippen LogP contribution >= 0.6 is 0 Å². The van der Waals surface area contributed by atoms with Crippen LogP contribution in [0.5, 0.6) is 0 Å². The van der Waals surface area contributed by atoms with Crippen LogP contribution in [0.3, 0.4) is 0 Å². The maximum Gasteiger partial charge on any atom is 0.222 e. The zero-order valence-corrected chi connectivity index (χ0v) is 13.3. The van der Waals surface area contributed by atoms with Crippen molar-refractivity contribution in [3.8, 4) is 0 Å². The Morgan fingerprint density at radius 2 is 1.81 bits per heavy atom. The van der Waals surface area contributed by atoms with E-state index in [0.717, 1.165) is 11.1 Å². The number of hydrogen-bond acceptors (Lipinski definition) is 3. The molecule has 1 N–H and O–H groups in total. The topological polar surface area (TPSA) is 66.5 Å². The highest BCUT2D eigenvalue weighted by molar-refractivity contribution is 7.88. The maximum absolute atomic E-state index is 12.4. The van der Waals surface area contributed by atoms with Crippen molar-refractivity contribution in [2.45, 2.75) is 25.5 Å². The van der Waals surface area contributed by atoms with E-state index >= 15 is 0 Å². The molecule has 1 aromatic rings. The molecule has 116 valence electrons. The zero-order chi connectivity index (χ0) is 15.5. The Balaban J connectivity index is 1.98. The SMILES string of the molecule is CNC(=O)C1CCN(S(=O)(=O)Cc2ccc(C)cc2)CC1. The molecule has 0 aliphatic carbocycles. The maximum atomic E-state index is 12.4. The van der Waals surface area contributed by atoms with Crippen LogP contribution in [-0.4, -0.2) is 38.8 Å². The number of sulfonamides is 1.